The number of carbonyl (C=O) groups excluding carboxylic acids is 1. The Labute approximate surface area is 112 Å². The van der Waals surface area contributed by atoms with Crippen molar-refractivity contribution in [2.75, 3.05) is 24.6 Å². The average Bonchev–Trinajstić information content (AvgIpc) is 2.79. The molecule has 5 heteroatoms. The number of nitrogens with zero attached hydrogens (tertiary/aromatic N) is 1. The van der Waals surface area contributed by atoms with Crippen molar-refractivity contribution >= 4 is 16.9 Å². The highest BCUT2D eigenvalue weighted by molar-refractivity contribution is 7.85. The van der Waals surface area contributed by atoms with Gasteiger partial charge in [-0.05, 0) is 31.6 Å². The number of rotatable bonds is 2. The van der Waals surface area contributed by atoms with E-state index in [1.807, 2.05) is 0 Å². The summed E-state index contributed by atoms with van der Waals surface area (Å²) in [4.78, 5) is 13.9. The van der Waals surface area contributed by atoms with Crippen molar-refractivity contribution in [2.24, 2.45) is 5.92 Å². The molecule has 18 heavy (non-hydrogen) atoms. The molecule has 0 aromatic heterocycles. The molecular formula is C13H23NO3S. The number of hydrogen-bond donors (Lipinski definition) is 0. The first-order valence-electron chi connectivity index (χ1n) is 6.86. The van der Waals surface area contributed by atoms with Gasteiger partial charge in [-0.2, -0.15) is 0 Å². The second-order valence-corrected chi connectivity index (χ2v) is 7.33. The van der Waals surface area contributed by atoms with E-state index in [0.29, 0.717) is 30.5 Å². The second-order valence-electron chi connectivity index (χ2n) is 5.63. The Kier molecular flexibility index (Phi) is 4.30. The molecule has 1 saturated carbocycles. The quantitative estimate of drug-likeness (QED) is 0.774. The van der Waals surface area contributed by atoms with Crippen LogP contribution in [0.15, 0.2) is 0 Å². The average molecular weight is 273 g/mol. The fourth-order valence-electron chi connectivity index (χ4n) is 2.83. The molecule has 2 aliphatic rings. The van der Waals surface area contributed by atoms with Crippen molar-refractivity contribution in [3.8, 4) is 0 Å². The number of amides is 1. The van der Waals surface area contributed by atoms with Crippen molar-refractivity contribution < 1.29 is 13.7 Å². The largest absolute Gasteiger partial charge is 0.443 e. The Morgan fingerprint density at radius 1 is 1.22 bits per heavy atom. The van der Waals surface area contributed by atoms with Crippen LogP contribution in [-0.4, -0.2) is 45.4 Å². The van der Waals surface area contributed by atoms with Gasteiger partial charge < -0.3 is 9.64 Å². The zero-order valence-corrected chi connectivity index (χ0v) is 12.1. The maximum atomic E-state index is 12.2. The van der Waals surface area contributed by atoms with Crippen molar-refractivity contribution in [3.63, 3.8) is 0 Å². The monoisotopic (exact) mass is 273 g/mol. The van der Waals surface area contributed by atoms with Gasteiger partial charge in [-0.1, -0.05) is 13.8 Å². The van der Waals surface area contributed by atoms with Gasteiger partial charge in [0.1, 0.15) is 5.60 Å². The molecule has 1 aliphatic carbocycles. The molecule has 2 fully saturated rings. The third kappa shape index (κ3) is 2.87. The predicted molar refractivity (Wildman–Crippen MR) is 72.0 cm³/mol. The van der Waals surface area contributed by atoms with Crippen LogP contribution in [0.2, 0.25) is 0 Å². The normalized spacial score (nSPS) is 24.5. The van der Waals surface area contributed by atoms with Crippen LogP contribution >= 0.6 is 0 Å². The molecule has 0 radical (unpaired) electrons. The molecule has 0 spiro atoms. The highest BCUT2D eigenvalue weighted by atomic mass is 32.2. The zero-order valence-electron chi connectivity index (χ0n) is 11.3. The van der Waals surface area contributed by atoms with Crippen LogP contribution in [0.3, 0.4) is 0 Å². The standard InChI is InChI=1S/C13H23NO3S/c1-11(2)13(5-3-4-6-13)17-12(15)14-7-9-18(16)10-8-14/h11H,3-10H2,1-2H3. The van der Waals surface area contributed by atoms with E-state index >= 15 is 0 Å². The van der Waals surface area contributed by atoms with E-state index in [2.05, 4.69) is 13.8 Å². The Morgan fingerprint density at radius 3 is 2.28 bits per heavy atom. The second kappa shape index (κ2) is 5.59. The summed E-state index contributed by atoms with van der Waals surface area (Å²) >= 11 is 0. The molecule has 0 aromatic rings. The molecule has 1 saturated heterocycles. The lowest BCUT2D eigenvalue weighted by Crippen LogP contribution is -2.47. The van der Waals surface area contributed by atoms with E-state index in [4.69, 9.17) is 4.74 Å². The van der Waals surface area contributed by atoms with Gasteiger partial charge in [-0.25, -0.2) is 4.79 Å². The summed E-state index contributed by atoms with van der Waals surface area (Å²) in [5, 5.41) is 0. The number of ether oxygens (including phenoxy) is 1. The Hall–Kier alpha value is -0.580. The lowest BCUT2D eigenvalue weighted by Gasteiger charge is -2.36. The lowest BCUT2D eigenvalue weighted by molar-refractivity contribution is -0.0350. The first-order chi connectivity index (χ1) is 8.53. The van der Waals surface area contributed by atoms with Gasteiger partial charge in [-0.15, -0.1) is 0 Å². The highest BCUT2D eigenvalue weighted by Crippen LogP contribution is 2.39. The van der Waals surface area contributed by atoms with Crippen LogP contribution < -0.4 is 0 Å². The summed E-state index contributed by atoms with van der Waals surface area (Å²) in [6.07, 6.45) is 4.06. The van der Waals surface area contributed by atoms with E-state index in [1.165, 1.54) is 0 Å². The van der Waals surface area contributed by atoms with Gasteiger partial charge in [0.25, 0.3) is 0 Å². The first-order valence-corrected chi connectivity index (χ1v) is 8.35. The van der Waals surface area contributed by atoms with Crippen LogP contribution in [0, 0.1) is 5.92 Å². The van der Waals surface area contributed by atoms with Crippen LogP contribution in [0.25, 0.3) is 0 Å². The van der Waals surface area contributed by atoms with Gasteiger partial charge in [0.15, 0.2) is 0 Å². The summed E-state index contributed by atoms with van der Waals surface area (Å²) in [6.45, 7) is 5.40. The molecule has 0 bridgehead atoms. The summed E-state index contributed by atoms with van der Waals surface area (Å²) in [6, 6.07) is 0. The molecule has 0 N–H and O–H groups in total. The van der Waals surface area contributed by atoms with Crippen molar-refractivity contribution in [3.05, 3.63) is 0 Å². The van der Waals surface area contributed by atoms with Crippen molar-refractivity contribution in [2.45, 2.75) is 45.1 Å². The van der Waals surface area contributed by atoms with E-state index in [-0.39, 0.29) is 11.7 Å². The minimum absolute atomic E-state index is 0.206. The molecule has 0 atom stereocenters. The fraction of sp³-hybridized carbons (Fsp3) is 0.923. The van der Waals surface area contributed by atoms with E-state index in [1.54, 1.807) is 4.90 Å². The number of carbonyl (C=O) groups is 1. The fourth-order valence-corrected chi connectivity index (χ4v) is 3.88. The minimum atomic E-state index is -0.750. The van der Waals surface area contributed by atoms with Gasteiger partial charge in [-0.3, -0.25) is 4.21 Å². The molecular weight excluding hydrogens is 250 g/mol. The van der Waals surface area contributed by atoms with Gasteiger partial charge >= 0.3 is 6.09 Å². The van der Waals surface area contributed by atoms with Crippen LogP contribution in [0.5, 0.6) is 0 Å². The number of hydrogen-bond acceptors (Lipinski definition) is 3. The Morgan fingerprint density at radius 2 is 1.78 bits per heavy atom. The third-order valence-corrected chi connectivity index (χ3v) is 5.50. The predicted octanol–water partition coefficient (Wildman–Crippen LogP) is 2.16. The highest BCUT2D eigenvalue weighted by Gasteiger charge is 2.41. The van der Waals surface area contributed by atoms with Crippen molar-refractivity contribution in [1.82, 2.24) is 4.90 Å². The SMILES string of the molecule is CC(C)C1(OC(=O)N2CCS(=O)CC2)CCCC1. The third-order valence-electron chi connectivity index (χ3n) is 4.23. The summed E-state index contributed by atoms with van der Waals surface area (Å²) in [5.41, 5.74) is -0.256. The van der Waals surface area contributed by atoms with Crippen LogP contribution in [0.1, 0.15) is 39.5 Å². The van der Waals surface area contributed by atoms with E-state index < -0.39 is 10.8 Å². The van der Waals surface area contributed by atoms with E-state index in [0.717, 1.165) is 25.7 Å². The van der Waals surface area contributed by atoms with Gasteiger partial charge in [0.05, 0.1) is 0 Å². The maximum Gasteiger partial charge on any atom is 0.410 e. The molecule has 0 aromatic carbocycles. The van der Waals surface area contributed by atoms with Crippen LogP contribution in [-0.2, 0) is 15.5 Å². The summed E-state index contributed by atoms with van der Waals surface area (Å²) in [7, 11) is -0.750. The Bertz CT molecular complexity index is 327. The first kappa shape index (κ1) is 13.8. The molecule has 1 amide bonds. The molecule has 0 unspecified atom stereocenters. The minimum Gasteiger partial charge on any atom is -0.443 e. The van der Waals surface area contributed by atoms with Crippen molar-refractivity contribution in [1.29, 1.82) is 0 Å². The maximum absolute atomic E-state index is 12.2. The molecule has 1 aliphatic heterocycles. The molecule has 104 valence electrons. The molecule has 2 rings (SSSR count). The topological polar surface area (TPSA) is 46.6 Å². The summed E-state index contributed by atoms with van der Waals surface area (Å²) < 4.78 is 17.1. The molecule has 1 heterocycles. The lowest BCUT2D eigenvalue weighted by atomic mass is 9.88. The van der Waals surface area contributed by atoms with Crippen LogP contribution in [0.4, 0.5) is 4.79 Å². The molecule has 4 nitrogen and oxygen atoms in total. The van der Waals surface area contributed by atoms with E-state index in [9.17, 15) is 9.00 Å². The summed E-state index contributed by atoms with van der Waals surface area (Å²) in [5.74, 6) is 1.54. The smallest absolute Gasteiger partial charge is 0.410 e. The Balaban J connectivity index is 1.95. The van der Waals surface area contributed by atoms with Gasteiger partial charge in [0.2, 0.25) is 0 Å². The van der Waals surface area contributed by atoms with Gasteiger partial charge in [0, 0.05) is 35.4 Å². The zero-order chi connectivity index (χ0) is 13.2.